The Balaban J connectivity index is 2.14. The fourth-order valence-electron chi connectivity index (χ4n) is 2.64. The number of rotatable bonds is 4. The lowest BCUT2D eigenvalue weighted by atomic mass is 9.93. The van der Waals surface area contributed by atoms with Crippen LogP contribution in [0.5, 0.6) is 5.75 Å². The van der Waals surface area contributed by atoms with E-state index in [9.17, 15) is 23.3 Å². The van der Waals surface area contributed by atoms with Gasteiger partial charge in [0.1, 0.15) is 11.3 Å². The third kappa shape index (κ3) is 3.88. The monoisotopic (exact) mass is 318 g/mol. The normalized spacial score (nSPS) is 22.4. The number of benzene rings is 1. The van der Waals surface area contributed by atoms with Crippen molar-refractivity contribution in [1.29, 1.82) is 0 Å². The summed E-state index contributed by atoms with van der Waals surface area (Å²) in [5.41, 5.74) is -2.24. The van der Waals surface area contributed by atoms with Crippen LogP contribution in [0.2, 0.25) is 0 Å². The molecule has 1 saturated carbocycles. The van der Waals surface area contributed by atoms with Crippen LogP contribution in [0.1, 0.15) is 31.2 Å². The highest BCUT2D eigenvalue weighted by molar-refractivity contribution is 5.47. The Hall–Kier alpha value is -1.83. The molecule has 0 amide bonds. The summed E-state index contributed by atoms with van der Waals surface area (Å²) in [5, 5.41) is 13.9. The van der Waals surface area contributed by atoms with Gasteiger partial charge in [-0.05, 0) is 44.9 Å². The first-order valence-corrected chi connectivity index (χ1v) is 7.01. The van der Waals surface area contributed by atoms with Crippen LogP contribution in [0.15, 0.2) is 18.2 Å². The molecule has 2 rings (SSSR count). The molecule has 0 atom stereocenters. The minimum atomic E-state index is -4.79. The molecule has 0 heterocycles. The van der Waals surface area contributed by atoms with E-state index in [-0.39, 0.29) is 11.9 Å². The Bertz CT molecular complexity index is 541. The van der Waals surface area contributed by atoms with Gasteiger partial charge >= 0.3 is 6.18 Å². The molecular weight excluding hydrogens is 301 g/mol. The minimum Gasteiger partial charge on any atom is -0.490 e. The summed E-state index contributed by atoms with van der Waals surface area (Å²) in [5.74, 6) is 0.0193. The smallest absolute Gasteiger partial charge is 0.423 e. The molecule has 22 heavy (non-hydrogen) atoms. The third-order valence-electron chi connectivity index (χ3n) is 3.86. The predicted octanol–water partition coefficient (Wildman–Crippen LogP) is 3.52. The van der Waals surface area contributed by atoms with Crippen molar-refractivity contribution in [2.45, 2.75) is 44.0 Å². The van der Waals surface area contributed by atoms with E-state index in [2.05, 4.69) is 5.32 Å². The van der Waals surface area contributed by atoms with Crippen molar-refractivity contribution in [1.82, 2.24) is 5.32 Å². The molecule has 1 aliphatic carbocycles. The molecule has 0 bridgehead atoms. The van der Waals surface area contributed by atoms with E-state index in [0.29, 0.717) is 12.1 Å². The molecule has 1 aromatic carbocycles. The molecule has 1 N–H and O–H groups in total. The molecule has 8 heteroatoms. The van der Waals surface area contributed by atoms with Gasteiger partial charge in [-0.15, -0.1) is 0 Å². The highest BCUT2D eigenvalue weighted by Gasteiger charge is 2.38. The topological polar surface area (TPSA) is 64.4 Å². The van der Waals surface area contributed by atoms with Gasteiger partial charge < -0.3 is 10.1 Å². The highest BCUT2D eigenvalue weighted by Crippen LogP contribution is 2.38. The maximum Gasteiger partial charge on any atom is 0.423 e. The van der Waals surface area contributed by atoms with Crippen LogP contribution in [0.25, 0.3) is 0 Å². The van der Waals surface area contributed by atoms with Crippen molar-refractivity contribution < 1.29 is 22.8 Å². The van der Waals surface area contributed by atoms with Crippen LogP contribution in [0.3, 0.4) is 0 Å². The van der Waals surface area contributed by atoms with Crippen LogP contribution in [-0.2, 0) is 6.18 Å². The molecule has 0 radical (unpaired) electrons. The zero-order valence-corrected chi connectivity index (χ0v) is 12.0. The maximum absolute atomic E-state index is 12.9. The van der Waals surface area contributed by atoms with Gasteiger partial charge in [0.05, 0.1) is 11.0 Å². The van der Waals surface area contributed by atoms with E-state index in [0.717, 1.165) is 31.7 Å². The van der Waals surface area contributed by atoms with Gasteiger partial charge in [0, 0.05) is 12.1 Å². The van der Waals surface area contributed by atoms with Gasteiger partial charge in [0.2, 0.25) is 0 Å². The summed E-state index contributed by atoms with van der Waals surface area (Å²) < 4.78 is 44.3. The number of nitro groups is 1. The predicted molar refractivity (Wildman–Crippen MR) is 73.8 cm³/mol. The standard InChI is InChI=1S/C14H17F3N2O3/c1-18-9-2-4-10(5-3-9)22-11-6-7-13(19(20)21)12(8-11)14(15,16)17/h6-10,18H,2-5H2,1H3. The number of halogens is 3. The van der Waals surface area contributed by atoms with Crippen LogP contribution in [0, 0.1) is 10.1 Å². The second-order valence-corrected chi connectivity index (χ2v) is 5.31. The second-order valence-electron chi connectivity index (χ2n) is 5.31. The molecular formula is C14H17F3N2O3. The number of hydrogen-bond donors (Lipinski definition) is 1. The summed E-state index contributed by atoms with van der Waals surface area (Å²) in [6.45, 7) is 0. The summed E-state index contributed by atoms with van der Waals surface area (Å²) in [4.78, 5) is 9.66. The number of nitro benzene ring substituents is 1. The van der Waals surface area contributed by atoms with Crippen LogP contribution < -0.4 is 10.1 Å². The number of hydrogen-bond acceptors (Lipinski definition) is 4. The Morgan fingerprint density at radius 2 is 1.91 bits per heavy atom. The summed E-state index contributed by atoms with van der Waals surface area (Å²) in [7, 11) is 1.87. The Morgan fingerprint density at radius 3 is 2.41 bits per heavy atom. The molecule has 0 unspecified atom stereocenters. The largest absolute Gasteiger partial charge is 0.490 e. The van der Waals surface area contributed by atoms with Crippen molar-refractivity contribution in [3.05, 3.63) is 33.9 Å². The zero-order chi connectivity index (χ0) is 16.3. The van der Waals surface area contributed by atoms with Gasteiger partial charge in [0.15, 0.2) is 0 Å². The fourth-order valence-corrected chi connectivity index (χ4v) is 2.64. The second kappa shape index (κ2) is 6.51. The Labute approximate surface area is 125 Å². The number of nitrogens with one attached hydrogen (secondary N) is 1. The van der Waals surface area contributed by atoms with Crippen molar-refractivity contribution in [2.75, 3.05) is 7.05 Å². The minimum absolute atomic E-state index is 0.0193. The lowest BCUT2D eigenvalue weighted by Gasteiger charge is -2.28. The van der Waals surface area contributed by atoms with E-state index in [1.807, 2.05) is 7.05 Å². The molecule has 1 aromatic rings. The van der Waals surface area contributed by atoms with Crippen molar-refractivity contribution in [2.24, 2.45) is 0 Å². The molecule has 0 saturated heterocycles. The van der Waals surface area contributed by atoms with E-state index in [1.54, 1.807) is 0 Å². The maximum atomic E-state index is 12.9. The SMILES string of the molecule is CNC1CCC(Oc2ccc([N+](=O)[O-])c(C(F)(F)F)c2)CC1. The fraction of sp³-hybridized carbons (Fsp3) is 0.571. The molecule has 0 aliphatic heterocycles. The molecule has 1 fully saturated rings. The first-order chi connectivity index (χ1) is 10.3. The average Bonchev–Trinajstić information content (AvgIpc) is 2.47. The summed E-state index contributed by atoms with van der Waals surface area (Å²) in [6, 6.07) is 3.18. The van der Waals surface area contributed by atoms with Crippen LogP contribution >= 0.6 is 0 Å². The third-order valence-corrected chi connectivity index (χ3v) is 3.86. The molecule has 122 valence electrons. The van der Waals surface area contributed by atoms with E-state index < -0.39 is 22.4 Å². The van der Waals surface area contributed by atoms with Crippen molar-refractivity contribution >= 4 is 5.69 Å². The Kier molecular flexibility index (Phi) is 4.90. The molecule has 0 aromatic heterocycles. The van der Waals surface area contributed by atoms with E-state index >= 15 is 0 Å². The van der Waals surface area contributed by atoms with Gasteiger partial charge in [-0.2, -0.15) is 13.2 Å². The summed E-state index contributed by atoms with van der Waals surface area (Å²) >= 11 is 0. The Morgan fingerprint density at radius 1 is 1.27 bits per heavy atom. The lowest BCUT2D eigenvalue weighted by molar-refractivity contribution is -0.388. The van der Waals surface area contributed by atoms with Gasteiger partial charge in [-0.3, -0.25) is 10.1 Å². The first kappa shape index (κ1) is 16.5. The highest BCUT2D eigenvalue weighted by atomic mass is 19.4. The van der Waals surface area contributed by atoms with Gasteiger partial charge in [-0.1, -0.05) is 0 Å². The van der Waals surface area contributed by atoms with E-state index in [1.165, 1.54) is 6.07 Å². The van der Waals surface area contributed by atoms with Crippen LogP contribution in [-0.4, -0.2) is 24.1 Å². The number of nitrogens with zero attached hydrogens (tertiary/aromatic N) is 1. The van der Waals surface area contributed by atoms with Gasteiger partial charge in [-0.25, -0.2) is 0 Å². The first-order valence-electron chi connectivity index (χ1n) is 7.01. The van der Waals surface area contributed by atoms with Crippen LogP contribution in [0.4, 0.5) is 18.9 Å². The van der Waals surface area contributed by atoms with Gasteiger partial charge in [0.25, 0.3) is 5.69 Å². The van der Waals surface area contributed by atoms with E-state index in [4.69, 9.17) is 4.74 Å². The lowest BCUT2D eigenvalue weighted by Crippen LogP contribution is -2.34. The van der Waals surface area contributed by atoms with Crippen molar-refractivity contribution in [3.8, 4) is 5.75 Å². The molecule has 1 aliphatic rings. The number of ether oxygens (including phenoxy) is 1. The van der Waals surface area contributed by atoms with Crippen molar-refractivity contribution in [3.63, 3.8) is 0 Å². The molecule has 0 spiro atoms. The quantitative estimate of drug-likeness (QED) is 0.681. The average molecular weight is 318 g/mol. The molecule has 5 nitrogen and oxygen atoms in total. The number of alkyl halides is 3. The zero-order valence-electron chi connectivity index (χ0n) is 12.0. The summed E-state index contributed by atoms with van der Waals surface area (Å²) in [6.07, 6.45) is -1.69.